The highest BCUT2D eigenvalue weighted by molar-refractivity contribution is 7.09. The zero-order chi connectivity index (χ0) is 11.3. The van der Waals surface area contributed by atoms with E-state index in [0.29, 0.717) is 6.54 Å². The van der Waals surface area contributed by atoms with Crippen LogP contribution in [0.25, 0.3) is 0 Å². The zero-order valence-electron chi connectivity index (χ0n) is 9.06. The molecular weight excluding hydrogens is 210 g/mol. The molecule has 0 spiro atoms. The van der Waals surface area contributed by atoms with Crippen LogP contribution in [0.2, 0.25) is 0 Å². The standard InChI is InChI=1S/C10H17N3OS/c1-3-7(2)9(11)10(14)13-6-8-12-4-5-15-8/h4-5,7,9H,3,6,11H2,1-2H3,(H,13,14). The summed E-state index contributed by atoms with van der Waals surface area (Å²) in [5.74, 6) is 0.112. The van der Waals surface area contributed by atoms with Crippen LogP contribution in [0.4, 0.5) is 0 Å². The molecule has 4 nitrogen and oxygen atoms in total. The molecule has 1 aromatic rings. The van der Waals surface area contributed by atoms with Crippen molar-refractivity contribution in [3.8, 4) is 0 Å². The van der Waals surface area contributed by atoms with Gasteiger partial charge in [-0.25, -0.2) is 4.98 Å². The van der Waals surface area contributed by atoms with Crippen LogP contribution in [0.1, 0.15) is 25.3 Å². The topological polar surface area (TPSA) is 68.0 Å². The summed E-state index contributed by atoms with van der Waals surface area (Å²) in [5.41, 5.74) is 5.78. The van der Waals surface area contributed by atoms with Crippen LogP contribution in [-0.4, -0.2) is 16.9 Å². The molecule has 0 aromatic carbocycles. The third-order valence-corrected chi connectivity index (χ3v) is 3.24. The molecule has 1 amide bonds. The van der Waals surface area contributed by atoms with Gasteiger partial charge < -0.3 is 11.1 Å². The van der Waals surface area contributed by atoms with E-state index in [2.05, 4.69) is 10.3 Å². The van der Waals surface area contributed by atoms with Crippen molar-refractivity contribution in [3.63, 3.8) is 0 Å². The average molecular weight is 227 g/mol. The molecule has 0 saturated heterocycles. The molecule has 1 aromatic heterocycles. The maximum Gasteiger partial charge on any atom is 0.237 e. The van der Waals surface area contributed by atoms with Gasteiger partial charge in [-0.3, -0.25) is 4.79 Å². The fraction of sp³-hybridized carbons (Fsp3) is 0.600. The van der Waals surface area contributed by atoms with E-state index in [1.165, 1.54) is 11.3 Å². The van der Waals surface area contributed by atoms with Gasteiger partial charge in [0.05, 0.1) is 12.6 Å². The van der Waals surface area contributed by atoms with E-state index in [1.54, 1.807) is 6.20 Å². The van der Waals surface area contributed by atoms with Crippen molar-refractivity contribution in [2.75, 3.05) is 0 Å². The lowest BCUT2D eigenvalue weighted by molar-refractivity contribution is -0.123. The van der Waals surface area contributed by atoms with Crippen molar-refractivity contribution < 1.29 is 4.79 Å². The molecule has 2 atom stereocenters. The molecule has 0 aliphatic heterocycles. The third-order valence-electron chi connectivity index (χ3n) is 2.46. The SMILES string of the molecule is CCC(C)C(N)C(=O)NCc1nccs1. The number of hydrogen-bond acceptors (Lipinski definition) is 4. The van der Waals surface area contributed by atoms with Crippen molar-refractivity contribution in [2.45, 2.75) is 32.9 Å². The predicted molar refractivity (Wildman–Crippen MR) is 61.4 cm³/mol. The molecule has 0 fully saturated rings. The summed E-state index contributed by atoms with van der Waals surface area (Å²) in [7, 11) is 0. The first-order chi connectivity index (χ1) is 7.15. The van der Waals surface area contributed by atoms with Crippen molar-refractivity contribution in [1.29, 1.82) is 0 Å². The molecule has 0 bridgehead atoms. The molecule has 0 radical (unpaired) electrons. The summed E-state index contributed by atoms with van der Waals surface area (Å²) in [5, 5.41) is 5.57. The Morgan fingerprint density at radius 3 is 3.00 bits per heavy atom. The first kappa shape index (κ1) is 12.1. The largest absolute Gasteiger partial charge is 0.348 e. The van der Waals surface area contributed by atoms with Gasteiger partial charge in [0.1, 0.15) is 5.01 Å². The Morgan fingerprint density at radius 2 is 2.47 bits per heavy atom. The summed E-state index contributed by atoms with van der Waals surface area (Å²) in [6, 6.07) is -0.421. The van der Waals surface area contributed by atoms with Gasteiger partial charge in [-0.1, -0.05) is 20.3 Å². The number of hydrogen-bond donors (Lipinski definition) is 2. The first-order valence-electron chi connectivity index (χ1n) is 5.06. The van der Waals surface area contributed by atoms with Crippen LogP contribution >= 0.6 is 11.3 Å². The zero-order valence-corrected chi connectivity index (χ0v) is 9.88. The molecule has 3 N–H and O–H groups in total. The van der Waals surface area contributed by atoms with Crippen LogP contribution in [0, 0.1) is 5.92 Å². The van der Waals surface area contributed by atoms with Crippen LogP contribution in [0.5, 0.6) is 0 Å². The number of nitrogens with zero attached hydrogens (tertiary/aromatic N) is 1. The van der Waals surface area contributed by atoms with E-state index in [-0.39, 0.29) is 11.8 Å². The van der Waals surface area contributed by atoms with Crippen LogP contribution in [0.15, 0.2) is 11.6 Å². The number of carbonyl (C=O) groups excluding carboxylic acids is 1. The summed E-state index contributed by atoms with van der Waals surface area (Å²) >= 11 is 1.52. The Labute approximate surface area is 93.9 Å². The number of carbonyl (C=O) groups is 1. The monoisotopic (exact) mass is 227 g/mol. The average Bonchev–Trinajstić information content (AvgIpc) is 2.76. The van der Waals surface area contributed by atoms with E-state index in [1.807, 2.05) is 19.2 Å². The minimum absolute atomic E-state index is 0.0976. The molecule has 5 heteroatoms. The number of nitrogens with one attached hydrogen (secondary N) is 1. The van der Waals surface area contributed by atoms with Gasteiger partial charge in [0.25, 0.3) is 0 Å². The molecule has 0 aliphatic carbocycles. The van der Waals surface area contributed by atoms with Gasteiger partial charge in [-0.2, -0.15) is 0 Å². The van der Waals surface area contributed by atoms with E-state index in [9.17, 15) is 4.79 Å². The van der Waals surface area contributed by atoms with Gasteiger partial charge in [0, 0.05) is 11.6 Å². The highest BCUT2D eigenvalue weighted by Gasteiger charge is 2.18. The lowest BCUT2D eigenvalue weighted by Gasteiger charge is -2.17. The van der Waals surface area contributed by atoms with Crippen molar-refractivity contribution in [1.82, 2.24) is 10.3 Å². The van der Waals surface area contributed by atoms with Crippen molar-refractivity contribution in [3.05, 3.63) is 16.6 Å². The summed E-state index contributed by atoms with van der Waals surface area (Å²) in [6.45, 7) is 4.48. The Bertz CT molecular complexity index is 300. The Balaban J connectivity index is 2.36. The molecule has 84 valence electrons. The number of rotatable bonds is 5. The highest BCUT2D eigenvalue weighted by atomic mass is 32.1. The van der Waals surface area contributed by atoms with E-state index in [4.69, 9.17) is 5.73 Å². The van der Waals surface area contributed by atoms with E-state index >= 15 is 0 Å². The van der Waals surface area contributed by atoms with Gasteiger partial charge in [0.15, 0.2) is 0 Å². The second kappa shape index (κ2) is 5.82. The number of aromatic nitrogens is 1. The quantitative estimate of drug-likeness (QED) is 0.792. The summed E-state index contributed by atoms with van der Waals surface area (Å²) < 4.78 is 0. The number of nitrogens with two attached hydrogens (primary N) is 1. The highest BCUT2D eigenvalue weighted by Crippen LogP contribution is 2.06. The van der Waals surface area contributed by atoms with E-state index < -0.39 is 6.04 Å². The molecule has 1 rings (SSSR count). The Kier molecular flexibility index (Phi) is 4.71. The minimum Gasteiger partial charge on any atom is -0.348 e. The maximum absolute atomic E-state index is 11.6. The summed E-state index contributed by atoms with van der Waals surface area (Å²) in [4.78, 5) is 15.7. The minimum atomic E-state index is -0.421. The molecule has 1 heterocycles. The molecule has 2 unspecified atom stereocenters. The lowest BCUT2D eigenvalue weighted by atomic mass is 9.99. The summed E-state index contributed by atoms with van der Waals surface area (Å²) in [6.07, 6.45) is 2.63. The third kappa shape index (κ3) is 3.60. The normalized spacial score (nSPS) is 14.6. The van der Waals surface area contributed by atoms with Crippen molar-refractivity contribution >= 4 is 17.2 Å². The number of amides is 1. The Hall–Kier alpha value is -0.940. The van der Waals surface area contributed by atoms with Crippen molar-refractivity contribution in [2.24, 2.45) is 11.7 Å². The van der Waals surface area contributed by atoms with Crippen LogP contribution in [0.3, 0.4) is 0 Å². The van der Waals surface area contributed by atoms with Crippen LogP contribution < -0.4 is 11.1 Å². The fourth-order valence-corrected chi connectivity index (χ4v) is 1.69. The molecule has 0 saturated carbocycles. The fourth-order valence-electron chi connectivity index (χ4n) is 1.13. The first-order valence-corrected chi connectivity index (χ1v) is 5.94. The predicted octanol–water partition coefficient (Wildman–Crippen LogP) is 1.13. The van der Waals surface area contributed by atoms with E-state index in [0.717, 1.165) is 11.4 Å². The van der Waals surface area contributed by atoms with Gasteiger partial charge in [-0.05, 0) is 5.92 Å². The number of thiazole rings is 1. The molecule has 0 aliphatic rings. The smallest absolute Gasteiger partial charge is 0.237 e. The molecule has 15 heavy (non-hydrogen) atoms. The second-order valence-corrected chi connectivity index (χ2v) is 4.53. The van der Waals surface area contributed by atoms with Gasteiger partial charge in [-0.15, -0.1) is 11.3 Å². The lowest BCUT2D eigenvalue weighted by Crippen LogP contribution is -2.44. The Morgan fingerprint density at radius 1 is 1.73 bits per heavy atom. The molecular formula is C10H17N3OS. The second-order valence-electron chi connectivity index (χ2n) is 3.55. The maximum atomic E-state index is 11.6. The van der Waals surface area contributed by atoms with Gasteiger partial charge >= 0.3 is 0 Å². The van der Waals surface area contributed by atoms with Gasteiger partial charge in [0.2, 0.25) is 5.91 Å². The van der Waals surface area contributed by atoms with Crippen LogP contribution in [-0.2, 0) is 11.3 Å².